The zero-order valence-electron chi connectivity index (χ0n) is 19.3. The first-order valence-electron chi connectivity index (χ1n) is 11.0. The SMILES string of the molecule is C[C@H](CC(C)(C)c1ccccc1)NS(=O)(=O)c1ccc2c(c1)sc(=O)n2Cc1ccccc1Cl. The first-order chi connectivity index (χ1) is 16.1. The second-order valence-electron chi connectivity index (χ2n) is 9.15. The molecule has 3 aromatic carbocycles. The summed E-state index contributed by atoms with van der Waals surface area (Å²) >= 11 is 7.30. The minimum Gasteiger partial charge on any atom is -0.294 e. The van der Waals surface area contributed by atoms with Crippen molar-refractivity contribution in [1.29, 1.82) is 0 Å². The molecule has 0 saturated heterocycles. The highest BCUT2D eigenvalue weighted by atomic mass is 35.5. The number of thiazole rings is 1. The largest absolute Gasteiger partial charge is 0.308 e. The van der Waals surface area contributed by atoms with Crippen molar-refractivity contribution in [2.75, 3.05) is 0 Å². The van der Waals surface area contributed by atoms with E-state index in [4.69, 9.17) is 11.6 Å². The summed E-state index contributed by atoms with van der Waals surface area (Å²) in [6.07, 6.45) is 0.639. The first-order valence-corrected chi connectivity index (χ1v) is 13.7. The van der Waals surface area contributed by atoms with Crippen LogP contribution in [-0.2, 0) is 22.0 Å². The van der Waals surface area contributed by atoms with E-state index in [1.165, 1.54) is 0 Å². The van der Waals surface area contributed by atoms with Gasteiger partial charge >= 0.3 is 4.87 Å². The predicted molar refractivity (Wildman–Crippen MR) is 141 cm³/mol. The summed E-state index contributed by atoms with van der Waals surface area (Å²) in [5.41, 5.74) is 2.49. The molecule has 1 heterocycles. The Hall–Kier alpha value is -2.45. The minimum atomic E-state index is -3.75. The Balaban J connectivity index is 1.56. The van der Waals surface area contributed by atoms with Crippen LogP contribution < -0.4 is 9.60 Å². The van der Waals surface area contributed by atoms with Gasteiger partial charge in [0.15, 0.2) is 0 Å². The van der Waals surface area contributed by atoms with Crippen LogP contribution in [-0.4, -0.2) is 19.0 Å². The van der Waals surface area contributed by atoms with Crippen molar-refractivity contribution < 1.29 is 8.42 Å². The second kappa shape index (κ2) is 9.66. The van der Waals surface area contributed by atoms with E-state index in [9.17, 15) is 13.2 Å². The molecule has 0 bridgehead atoms. The fourth-order valence-electron chi connectivity index (χ4n) is 4.31. The second-order valence-corrected chi connectivity index (χ2v) is 12.3. The van der Waals surface area contributed by atoms with E-state index in [0.717, 1.165) is 22.5 Å². The van der Waals surface area contributed by atoms with Gasteiger partial charge in [0.2, 0.25) is 10.0 Å². The number of nitrogens with one attached hydrogen (secondary N) is 1. The number of benzene rings is 3. The molecule has 0 aliphatic heterocycles. The van der Waals surface area contributed by atoms with Gasteiger partial charge < -0.3 is 0 Å². The van der Waals surface area contributed by atoms with Gasteiger partial charge in [0, 0.05) is 11.1 Å². The van der Waals surface area contributed by atoms with Gasteiger partial charge in [-0.05, 0) is 54.2 Å². The summed E-state index contributed by atoms with van der Waals surface area (Å²) < 4.78 is 31.3. The quantitative estimate of drug-likeness (QED) is 0.323. The lowest BCUT2D eigenvalue weighted by Crippen LogP contribution is -2.37. The summed E-state index contributed by atoms with van der Waals surface area (Å²) in [4.78, 5) is 12.6. The first kappa shape index (κ1) is 24.7. The van der Waals surface area contributed by atoms with E-state index in [-0.39, 0.29) is 21.2 Å². The monoisotopic (exact) mass is 514 g/mol. The maximum absolute atomic E-state index is 13.1. The summed E-state index contributed by atoms with van der Waals surface area (Å²) in [6, 6.07) is 22.0. The molecule has 0 aliphatic carbocycles. The van der Waals surface area contributed by atoms with Crippen LogP contribution in [0.25, 0.3) is 10.2 Å². The van der Waals surface area contributed by atoms with Gasteiger partial charge in [0.25, 0.3) is 0 Å². The molecule has 0 aliphatic rings. The highest BCUT2D eigenvalue weighted by molar-refractivity contribution is 7.89. The molecule has 8 heteroatoms. The lowest BCUT2D eigenvalue weighted by molar-refractivity contribution is 0.418. The van der Waals surface area contributed by atoms with Gasteiger partial charge in [-0.25, -0.2) is 13.1 Å². The summed E-state index contributed by atoms with van der Waals surface area (Å²) in [5, 5.41) is 0.588. The lowest BCUT2D eigenvalue weighted by atomic mass is 9.79. The van der Waals surface area contributed by atoms with Crippen molar-refractivity contribution in [2.45, 2.75) is 50.1 Å². The van der Waals surface area contributed by atoms with E-state index >= 15 is 0 Å². The van der Waals surface area contributed by atoms with E-state index in [1.807, 2.05) is 43.3 Å². The van der Waals surface area contributed by atoms with E-state index in [0.29, 0.717) is 28.2 Å². The molecule has 5 nitrogen and oxygen atoms in total. The predicted octanol–water partition coefficient (Wildman–Crippen LogP) is 5.80. The molecule has 4 aromatic rings. The smallest absolute Gasteiger partial charge is 0.294 e. The lowest BCUT2D eigenvalue weighted by Gasteiger charge is -2.29. The summed E-state index contributed by atoms with van der Waals surface area (Å²) in [7, 11) is -3.75. The van der Waals surface area contributed by atoms with Crippen molar-refractivity contribution in [1.82, 2.24) is 9.29 Å². The highest BCUT2D eigenvalue weighted by Crippen LogP contribution is 2.29. The minimum absolute atomic E-state index is 0.149. The Labute approximate surface area is 209 Å². The van der Waals surface area contributed by atoms with Gasteiger partial charge in [-0.15, -0.1) is 0 Å². The van der Waals surface area contributed by atoms with Gasteiger partial charge in [0.05, 0.1) is 21.7 Å². The topological polar surface area (TPSA) is 68.2 Å². The number of aromatic nitrogens is 1. The molecule has 0 unspecified atom stereocenters. The maximum atomic E-state index is 13.1. The third-order valence-electron chi connectivity index (χ3n) is 5.96. The van der Waals surface area contributed by atoms with Crippen molar-refractivity contribution in [3.8, 4) is 0 Å². The van der Waals surface area contributed by atoms with Crippen LogP contribution in [0, 0.1) is 0 Å². The number of hydrogen-bond acceptors (Lipinski definition) is 4. The normalized spacial score (nSPS) is 13.3. The van der Waals surface area contributed by atoms with Crippen LogP contribution >= 0.6 is 22.9 Å². The van der Waals surface area contributed by atoms with Gasteiger partial charge in [-0.3, -0.25) is 9.36 Å². The standard InChI is InChI=1S/C26H27ClN2O3S2/c1-18(16-26(2,3)20-10-5-4-6-11-20)28-34(31,32)21-13-14-23-24(15-21)33-25(30)29(23)17-19-9-7-8-12-22(19)27/h4-15,18,28H,16-17H2,1-3H3/t18-/m1/s1. The Morgan fingerprint density at radius 1 is 1.03 bits per heavy atom. The van der Waals surface area contributed by atoms with Gasteiger partial charge in [-0.2, -0.15) is 0 Å². The Morgan fingerprint density at radius 2 is 1.71 bits per heavy atom. The van der Waals surface area contributed by atoms with E-state index in [1.54, 1.807) is 28.8 Å². The molecular weight excluding hydrogens is 488 g/mol. The Morgan fingerprint density at radius 3 is 2.41 bits per heavy atom. The zero-order valence-corrected chi connectivity index (χ0v) is 21.7. The Kier molecular flexibility index (Phi) is 7.01. The van der Waals surface area contributed by atoms with Crippen molar-refractivity contribution in [2.24, 2.45) is 0 Å². The number of halogens is 1. The number of hydrogen-bond donors (Lipinski definition) is 1. The van der Waals surface area contributed by atoms with E-state index in [2.05, 4.69) is 30.7 Å². The van der Waals surface area contributed by atoms with Crippen molar-refractivity contribution in [3.63, 3.8) is 0 Å². The van der Waals surface area contributed by atoms with Crippen LogP contribution in [0.1, 0.15) is 38.3 Å². The molecular formula is C26H27ClN2O3S2. The van der Waals surface area contributed by atoms with Crippen molar-refractivity contribution >= 4 is 43.2 Å². The molecule has 0 amide bonds. The average Bonchev–Trinajstić information content (AvgIpc) is 3.09. The average molecular weight is 515 g/mol. The summed E-state index contributed by atoms with van der Waals surface area (Å²) in [6.45, 7) is 6.42. The number of sulfonamides is 1. The molecule has 178 valence electrons. The van der Waals surface area contributed by atoms with Gasteiger partial charge in [0.1, 0.15) is 0 Å². The highest BCUT2D eigenvalue weighted by Gasteiger charge is 2.26. The van der Waals surface area contributed by atoms with Crippen LogP contribution in [0.3, 0.4) is 0 Å². The van der Waals surface area contributed by atoms with Crippen LogP contribution in [0.15, 0.2) is 82.5 Å². The molecule has 0 spiro atoms. The van der Waals surface area contributed by atoms with Crippen LogP contribution in [0.4, 0.5) is 0 Å². The molecule has 34 heavy (non-hydrogen) atoms. The molecule has 0 saturated carbocycles. The third-order valence-corrected chi connectivity index (χ3v) is 8.86. The molecule has 4 rings (SSSR count). The van der Waals surface area contributed by atoms with Crippen LogP contribution in [0.5, 0.6) is 0 Å². The third kappa shape index (κ3) is 5.28. The van der Waals surface area contributed by atoms with E-state index < -0.39 is 10.0 Å². The fraction of sp³-hybridized carbons (Fsp3) is 0.269. The van der Waals surface area contributed by atoms with Gasteiger partial charge in [-0.1, -0.05) is 85.3 Å². The number of rotatable bonds is 8. The summed E-state index contributed by atoms with van der Waals surface area (Å²) in [5.74, 6) is 0. The van der Waals surface area contributed by atoms with Crippen molar-refractivity contribution in [3.05, 3.63) is 98.6 Å². The number of fused-ring (bicyclic) bond motifs is 1. The molecule has 0 fully saturated rings. The zero-order chi connectivity index (χ0) is 24.5. The Bertz CT molecular complexity index is 1470. The molecule has 1 aromatic heterocycles. The molecule has 0 radical (unpaired) electrons. The van der Waals surface area contributed by atoms with Crippen LogP contribution in [0.2, 0.25) is 5.02 Å². The fourth-order valence-corrected chi connectivity index (χ4v) is 6.78. The molecule has 1 N–H and O–H groups in total. The number of nitrogens with zero attached hydrogens (tertiary/aromatic N) is 1. The maximum Gasteiger partial charge on any atom is 0.308 e. The molecule has 1 atom stereocenters.